The molecule has 0 saturated heterocycles. The van der Waals surface area contributed by atoms with Gasteiger partial charge < -0.3 is 19.8 Å². The molecule has 0 aromatic heterocycles. The molecule has 2 N–H and O–H groups in total. The molecule has 5 heteroatoms. The Kier molecular flexibility index (Phi) is 5.14. The molecule has 0 spiro atoms. The second-order valence-electron chi connectivity index (χ2n) is 4.73. The van der Waals surface area contributed by atoms with E-state index in [1.54, 1.807) is 19.2 Å². The molecule has 0 radical (unpaired) electrons. The first-order valence-corrected chi connectivity index (χ1v) is 6.78. The number of hydrogen-bond acceptors (Lipinski definition) is 4. The number of ether oxygens (including phenoxy) is 1. The van der Waals surface area contributed by atoms with Crippen LogP contribution in [0.5, 0.6) is 5.75 Å². The Morgan fingerprint density at radius 3 is 2.48 bits per heavy atom. The van der Waals surface area contributed by atoms with Gasteiger partial charge in [0.25, 0.3) is 5.91 Å². The second-order valence-corrected chi connectivity index (χ2v) is 4.73. The number of nitrogens with zero attached hydrogens (tertiary/aromatic N) is 1. The van der Waals surface area contributed by atoms with E-state index < -0.39 is 0 Å². The largest absolute Gasteiger partial charge is 0.507 e. The summed E-state index contributed by atoms with van der Waals surface area (Å²) in [5.41, 5.74) is 0.234. The Labute approximate surface area is 123 Å². The first-order chi connectivity index (χ1) is 10.2. The maximum absolute atomic E-state index is 12.5. The van der Waals surface area contributed by atoms with Gasteiger partial charge >= 0.3 is 0 Å². The van der Waals surface area contributed by atoms with Crippen LogP contribution in [-0.2, 0) is 4.74 Å². The molecule has 112 valence electrons. The topological polar surface area (TPSA) is 70.0 Å². The summed E-state index contributed by atoms with van der Waals surface area (Å²) >= 11 is 0. The standard InChI is InChI=1S/C16H19NO4/c1-21-9-7-17(6-8-18)16(20)14-10-12-4-2-3-5-13(12)11-15(14)19/h2-5,10-11,18-19H,6-9H2,1H3. The van der Waals surface area contributed by atoms with Gasteiger partial charge in [0.2, 0.25) is 0 Å². The Morgan fingerprint density at radius 1 is 1.19 bits per heavy atom. The first kappa shape index (κ1) is 15.3. The van der Waals surface area contributed by atoms with Gasteiger partial charge in [0.05, 0.1) is 18.8 Å². The summed E-state index contributed by atoms with van der Waals surface area (Å²) in [5, 5.41) is 20.9. The fraction of sp³-hybridized carbons (Fsp3) is 0.312. The fourth-order valence-electron chi connectivity index (χ4n) is 2.21. The molecule has 0 heterocycles. The van der Waals surface area contributed by atoms with Gasteiger partial charge in [0.15, 0.2) is 0 Å². The zero-order chi connectivity index (χ0) is 15.2. The van der Waals surface area contributed by atoms with Gasteiger partial charge in [-0.2, -0.15) is 0 Å². The zero-order valence-corrected chi connectivity index (χ0v) is 12.0. The maximum Gasteiger partial charge on any atom is 0.257 e. The summed E-state index contributed by atoms with van der Waals surface area (Å²) < 4.78 is 4.97. The van der Waals surface area contributed by atoms with Crippen molar-refractivity contribution >= 4 is 16.7 Å². The third-order valence-electron chi connectivity index (χ3n) is 3.32. The number of hydrogen-bond donors (Lipinski definition) is 2. The van der Waals surface area contributed by atoms with Crippen LogP contribution in [0.15, 0.2) is 36.4 Å². The Bertz CT molecular complexity index is 627. The van der Waals surface area contributed by atoms with Crippen molar-refractivity contribution in [3.63, 3.8) is 0 Å². The predicted molar refractivity (Wildman–Crippen MR) is 80.5 cm³/mol. The van der Waals surface area contributed by atoms with Gasteiger partial charge in [0, 0.05) is 20.2 Å². The van der Waals surface area contributed by atoms with Crippen LogP contribution in [0.3, 0.4) is 0 Å². The van der Waals surface area contributed by atoms with E-state index in [4.69, 9.17) is 9.84 Å². The van der Waals surface area contributed by atoms with Crippen LogP contribution in [-0.4, -0.2) is 54.4 Å². The van der Waals surface area contributed by atoms with E-state index in [9.17, 15) is 9.90 Å². The minimum Gasteiger partial charge on any atom is -0.507 e. The van der Waals surface area contributed by atoms with E-state index in [0.717, 1.165) is 10.8 Å². The Balaban J connectivity index is 2.33. The lowest BCUT2D eigenvalue weighted by molar-refractivity contribution is 0.0654. The number of aliphatic hydroxyl groups is 1. The average molecular weight is 289 g/mol. The van der Waals surface area contributed by atoms with Gasteiger partial charge in [-0.3, -0.25) is 4.79 Å². The van der Waals surface area contributed by atoms with Crippen molar-refractivity contribution in [3.05, 3.63) is 42.0 Å². The molecule has 2 aromatic carbocycles. The highest BCUT2D eigenvalue weighted by Crippen LogP contribution is 2.26. The molecular weight excluding hydrogens is 270 g/mol. The van der Waals surface area contributed by atoms with Crippen LogP contribution in [0.2, 0.25) is 0 Å². The molecule has 2 rings (SSSR count). The van der Waals surface area contributed by atoms with Crippen molar-refractivity contribution < 1.29 is 19.7 Å². The Hall–Kier alpha value is -2.11. The number of aromatic hydroxyl groups is 1. The molecule has 0 fully saturated rings. The van der Waals surface area contributed by atoms with Gasteiger partial charge in [-0.25, -0.2) is 0 Å². The van der Waals surface area contributed by atoms with Crippen molar-refractivity contribution in [2.75, 3.05) is 33.4 Å². The molecule has 0 aliphatic heterocycles. The minimum absolute atomic E-state index is 0.0564. The lowest BCUT2D eigenvalue weighted by atomic mass is 10.0. The monoisotopic (exact) mass is 289 g/mol. The molecular formula is C16H19NO4. The van der Waals surface area contributed by atoms with Crippen molar-refractivity contribution in [2.45, 2.75) is 0 Å². The molecule has 21 heavy (non-hydrogen) atoms. The number of methoxy groups -OCH3 is 1. The van der Waals surface area contributed by atoms with Crippen LogP contribution in [0.4, 0.5) is 0 Å². The molecule has 5 nitrogen and oxygen atoms in total. The first-order valence-electron chi connectivity index (χ1n) is 6.78. The average Bonchev–Trinajstić information content (AvgIpc) is 2.50. The van der Waals surface area contributed by atoms with Crippen molar-refractivity contribution in [3.8, 4) is 5.75 Å². The molecule has 1 amide bonds. The van der Waals surface area contributed by atoms with Gasteiger partial charge in [-0.15, -0.1) is 0 Å². The molecule has 0 atom stereocenters. The number of amides is 1. The van der Waals surface area contributed by atoms with E-state index in [0.29, 0.717) is 13.2 Å². The van der Waals surface area contributed by atoms with Crippen LogP contribution < -0.4 is 0 Å². The second kappa shape index (κ2) is 7.06. The highest BCUT2D eigenvalue weighted by atomic mass is 16.5. The normalized spacial score (nSPS) is 10.8. The van der Waals surface area contributed by atoms with Crippen molar-refractivity contribution in [2.24, 2.45) is 0 Å². The van der Waals surface area contributed by atoms with Crippen LogP contribution in [0.1, 0.15) is 10.4 Å². The summed E-state index contributed by atoms with van der Waals surface area (Å²) in [6, 6.07) is 10.8. The van der Waals surface area contributed by atoms with Crippen LogP contribution >= 0.6 is 0 Å². The smallest absolute Gasteiger partial charge is 0.257 e. The molecule has 0 bridgehead atoms. The Morgan fingerprint density at radius 2 is 1.86 bits per heavy atom. The molecule has 0 aliphatic rings. The number of phenolic OH excluding ortho intramolecular Hbond substituents is 1. The highest BCUT2D eigenvalue weighted by molar-refractivity contribution is 6.01. The van der Waals surface area contributed by atoms with Gasteiger partial charge in [-0.05, 0) is 22.9 Å². The summed E-state index contributed by atoms with van der Waals surface area (Å²) in [6.45, 7) is 0.806. The van der Waals surface area contributed by atoms with Crippen LogP contribution in [0.25, 0.3) is 10.8 Å². The van der Waals surface area contributed by atoms with E-state index in [2.05, 4.69) is 0 Å². The summed E-state index contributed by atoms with van der Waals surface area (Å²) in [5.74, 6) is -0.372. The fourth-order valence-corrected chi connectivity index (χ4v) is 2.21. The number of carbonyl (C=O) groups is 1. The number of aliphatic hydroxyl groups excluding tert-OH is 1. The van der Waals surface area contributed by atoms with E-state index in [-0.39, 0.29) is 30.4 Å². The van der Waals surface area contributed by atoms with Crippen molar-refractivity contribution in [1.29, 1.82) is 0 Å². The maximum atomic E-state index is 12.5. The summed E-state index contributed by atoms with van der Waals surface area (Å²) in [6.07, 6.45) is 0. The molecule has 0 unspecified atom stereocenters. The third-order valence-corrected chi connectivity index (χ3v) is 3.32. The minimum atomic E-state index is -0.315. The highest BCUT2D eigenvalue weighted by Gasteiger charge is 2.19. The number of carbonyl (C=O) groups excluding carboxylic acids is 1. The lowest BCUT2D eigenvalue weighted by Gasteiger charge is -2.22. The quantitative estimate of drug-likeness (QED) is 0.848. The van der Waals surface area contributed by atoms with Gasteiger partial charge in [-0.1, -0.05) is 24.3 Å². The van der Waals surface area contributed by atoms with Crippen LogP contribution in [0, 0.1) is 0 Å². The number of benzene rings is 2. The third kappa shape index (κ3) is 3.51. The SMILES string of the molecule is COCCN(CCO)C(=O)c1cc2ccccc2cc1O. The molecule has 0 aliphatic carbocycles. The molecule has 2 aromatic rings. The van der Waals surface area contributed by atoms with Crippen molar-refractivity contribution in [1.82, 2.24) is 4.90 Å². The lowest BCUT2D eigenvalue weighted by Crippen LogP contribution is -2.36. The molecule has 0 saturated carbocycles. The number of phenols is 1. The zero-order valence-electron chi connectivity index (χ0n) is 12.0. The summed E-state index contributed by atoms with van der Waals surface area (Å²) in [4.78, 5) is 14.0. The number of fused-ring (bicyclic) bond motifs is 1. The van der Waals surface area contributed by atoms with E-state index in [1.165, 1.54) is 4.90 Å². The number of rotatable bonds is 6. The summed E-state index contributed by atoms with van der Waals surface area (Å²) in [7, 11) is 1.55. The van der Waals surface area contributed by atoms with E-state index in [1.807, 2.05) is 24.3 Å². The van der Waals surface area contributed by atoms with Gasteiger partial charge in [0.1, 0.15) is 5.75 Å². The predicted octanol–water partition coefficient (Wildman–Crippen LogP) is 1.63. The van der Waals surface area contributed by atoms with E-state index >= 15 is 0 Å².